The maximum Gasteiger partial charge on any atom is 0.405 e. The van der Waals surface area contributed by atoms with E-state index in [-0.39, 0.29) is 0 Å². The van der Waals surface area contributed by atoms with Crippen LogP contribution in [0.25, 0.3) is 0 Å². The van der Waals surface area contributed by atoms with Crippen LogP contribution < -0.4 is 10.1 Å². The highest BCUT2D eigenvalue weighted by Gasteiger charge is 2.28. The summed E-state index contributed by atoms with van der Waals surface area (Å²) in [6.07, 6.45) is -0.307. The molecule has 0 aliphatic heterocycles. The van der Waals surface area contributed by atoms with Gasteiger partial charge >= 0.3 is 6.09 Å². The van der Waals surface area contributed by atoms with Gasteiger partial charge in [0.05, 0.1) is 5.54 Å². The Balaban J connectivity index is 2.66. The van der Waals surface area contributed by atoms with Crippen molar-refractivity contribution < 1.29 is 14.6 Å². The smallest absolute Gasteiger partial charge is 0.405 e. The lowest BCUT2D eigenvalue weighted by atomic mass is 9.91. The minimum Gasteiger partial charge on any atom is -0.491 e. The fourth-order valence-electron chi connectivity index (χ4n) is 2.08. The van der Waals surface area contributed by atoms with Gasteiger partial charge in [-0.2, -0.15) is 0 Å². The molecule has 0 aromatic heterocycles. The Morgan fingerprint density at radius 3 is 2.47 bits per heavy atom. The van der Waals surface area contributed by atoms with Crippen molar-refractivity contribution in [1.82, 2.24) is 5.32 Å². The third-order valence-electron chi connectivity index (χ3n) is 2.64. The highest BCUT2D eigenvalue weighted by Crippen LogP contribution is 2.21. The van der Waals surface area contributed by atoms with Crippen molar-refractivity contribution >= 4 is 22.0 Å². The van der Waals surface area contributed by atoms with Crippen LogP contribution in [0.4, 0.5) is 4.79 Å². The summed E-state index contributed by atoms with van der Waals surface area (Å²) in [5, 5.41) is 11.5. The molecule has 0 saturated carbocycles. The van der Waals surface area contributed by atoms with Crippen molar-refractivity contribution in [2.45, 2.75) is 32.7 Å². The molecule has 0 aliphatic carbocycles. The van der Waals surface area contributed by atoms with E-state index in [2.05, 4.69) is 35.1 Å². The molecule has 19 heavy (non-hydrogen) atoms. The average molecular weight is 330 g/mol. The Labute approximate surface area is 122 Å². The molecule has 0 aliphatic rings. The van der Waals surface area contributed by atoms with E-state index in [1.165, 1.54) is 0 Å². The number of hydrogen-bond donors (Lipinski definition) is 2. The summed E-state index contributed by atoms with van der Waals surface area (Å²) in [6.45, 7) is 6.28. The molecule has 1 atom stereocenters. The zero-order valence-corrected chi connectivity index (χ0v) is 13.0. The fourth-order valence-corrected chi connectivity index (χ4v) is 2.34. The van der Waals surface area contributed by atoms with Crippen LogP contribution in [0.1, 0.15) is 27.2 Å². The van der Waals surface area contributed by atoms with Crippen LogP contribution in [-0.2, 0) is 0 Å². The SMILES string of the molecule is CC(C)CC(C)(COc1ccc(Br)cc1)NC(=O)O. The summed E-state index contributed by atoms with van der Waals surface area (Å²) < 4.78 is 6.66. The predicted molar refractivity (Wildman–Crippen MR) is 78.7 cm³/mol. The number of hydrogen-bond acceptors (Lipinski definition) is 2. The Morgan fingerprint density at radius 2 is 2.00 bits per heavy atom. The van der Waals surface area contributed by atoms with Gasteiger partial charge in [-0.15, -0.1) is 0 Å². The maximum atomic E-state index is 10.9. The van der Waals surface area contributed by atoms with Gasteiger partial charge in [0.25, 0.3) is 0 Å². The molecule has 106 valence electrons. The van der Waals surface area contributed by atoms with Crippen LogP contribution in [0.5, 0.6) is 5.75 Å². The summed E-state index contributed by atoms with van der Waals surface area (Å²) in [5.74, 6) is 1.11. The van der Waals surface area contributed by atoms with Crippen LogP contribution in [0.2, 0.25) is 0 Å². The maximum absolute atomic E-state index is 10.9. The second-order valence-corrected chi connectivity index (χ2v) is 6.25. The molecule has 0 radical (unpaired) electrons. The highest BCUT2D eigenvalue weighted by atomic mass is 79.9. The second kappa shape index (κ2) is 6.80. The van der Waals surface area contributed by atoms with Gasteiger partial charge in [0, 0.05) is 4.47 Å². The van der Waals surface area contributed by atoms with Crippen molar-refractivity contribution in [3.63, 3.8) is 0 Å². The Kier molecular flexibility index (Phi) is 5.66. The normalized spacial score (nSPS) is 13.9. The molecule has 2 N–H and O–H groups in total. The quantitative estimate of drug-likeness (QED) is 0.832. The van der Waals surface area contributed by atoms with Crippen LogP contribution >= 0.6 is 15.9 Å². The van der Waals surface area contributed by atoms with Gasteiger partial charge in [0.2, 0.25) is 0 Å². The van der Waals surface area contributed by atoms with E-state index in [1.54, 1.807) is 0 Å². The first-order chi connectivity index (χ1) is 8.81. The minimum atomic E-state index is -1.03. The largest absolute Gasteiger partial charge is 0.491 e. The van der Waals surface area contributed by atoms with Crippen LogP contribution in [0.15, 0.2) is 28.7 Å². The first-order valence-electron chi connectivity index (χ1n) is 6.20. The number of nitrogens with one attached hydrogen (secondary N) is 1. The third kappa shape index (κ3) is 5.96. The van der Waals surface area contributed by atoms with Crippen LogP contribution in [0.3, 0.4) is 0 Å². The van der Waals surface area contributed by atoms with Gasteiger partial charge in [-0.25, -0.2) is 4.79 Å². The lowest BCUT2D eigenvalue weighted by Crippen LogP contribution is -2.50. The molecular weight excluding hydrogens is 310 g/mol. The van der Waals surface area contributed by atoms with Gasteiger partial charge in [-0.05, 0) is 43.5 Å². The zero-order chi connectivity index (χ0) is 14.5. The van der Waals surface area contributed by atoms with Crippen molar-refractivity contribution in [1.29, 1.82) is 0 Å². The number of ether oxygens (including phenoxy) is 1. The first kappa shape index (κ1) is 15.8. The van der Waals surface area contributed by atoms with E-state index in [9.17, 15) is 4.79 Å². The van der Waals surface area contributed by atoms with Crippen molar-refractivity contribution in [2.24, 2.45) is 5.92 Å². The van der Waals surface area contributed by atoms with Crippen LogP contribution in [-0.4, -0.2) is 23.3 Å². The van der Waals surface area contributed by atoms with E-state index in [0.29, 0.717) is 12.5 Å². The topological polar surface area (TPSA) is 58.6 Å². The lowest BCUT2D eigenvalue weighted by Gasteiger charge is -2.31. The summed E-state index contributed by atoms with van der Waals surface area (Å²) in [4.78, 5) is 10.9. The molecular formula is C14H20BrNO3. The summed E-state index contributed by atoms with van der Waals surface area (Å²) >= 11 is 3.36. The lowest BCUT2D eigenvalue weighted by molar-refractivity contribution is 0.143. The molecule has 1 rings (SSSR count). The van der Waals surface area contributed by atoms with E-state index in [1.807, 2.05) is 31.2 Å². The molecule has 1 amide bonds. The second-order valence-electron chi connectivity index (χ2n) is 5.33. The standard InChI is InChI=1S/C14H20BrNO3/c1-10(2)8-14(3,16-13(17)18)9-19-12-6-4-11(15)5-7-12/h4-7,10,16H,8-9H2,1-3H3,(H,17,18). The van der Waals surface area contributed by atoms with Gasteiger partial charge in [-0.3, -0.25) is 0 Å². The van der Waals surface area contributed by atoms with E-state index in [0.717, 1.165) is 16.6 Å². The summed E-state index contributed by atoms with van der Waals surface area (Å²) in [6, 6.07) is 7.47. The number of halogens is 1. The first-order valence-corrected chi connectivity index (χ1v) is 6.99. The van der Waals surface area contributed by atoms with Gasteiger partial charge in [-0.1, -0.05) is 29.8 Å². The molecule has 0 spiro atoms. The zero-order valence-electron chi connectivity index (χ0n) is 11.4. The van der Waals surface area contributed by atoms with Crippen molar-refractivity contribution in [3.8, 4) is 5.75 Å². The summed E-state index contributed by atoms with van der Waals surface area (Å²) in [5.41, 5.74) is -0.590. The Bertz CT molecular complexity index is 419. The number of benzene rings is 1. The monoisotopic (exact) mass is 329 g/mol. The summed E-state index contributed by atoms with van der Waals surface area (Å²) in [7, 11) is 0. The van der Waals surface area contributed by atoms with Crippen molar-refractivity contribution in [2.75, 3.05) is 6.61 Å². The number of rotatable bonds is 6. The van der Waals surface area contributed by atoms with E-state index in [4.69, 9.17) is 9.84 Å². The van der Waals surface area contributed by atoms with Gasteiger partial charge in [0.1, 0.15) is 12.4 Å². The number of carbonyl (C=O) groups is 1. The molecule has 4 nitrogen and oxygen atoms in total. The van der Waals surface area contributed by atoms with E-state index >= 15 is 0 Å². The van der Waals surface area contributed by atoms with E-state index < -0.39 is 11.6 Å². The van der Waals surface area contributed by atoms with Gasteiger partial charge < -0.3 is 15.2 Å². The molecule has 1 aromatic rings. The van der Waals surface area contributed by atoms with Gasteiger partial charge in [0.15, 0.2) is 0 Å². The number of amides is 1. The molecule has 0 heterocycles. The minimum absolute atomic E-state index is 0.305. The molecule has 0 bridgehead atoms. The molecule has 0 fully saturated rings. The Hall–Kier alpha value is -1.23. The van der Waals surface area contributed by atoms with Crippen molar-refractivity contribution in [3.05, 3.63) is 28.7 Å². The van der Waals surface area contributed by atoms with Crippen LogP contribution in [0, 0.1) is 5.92 Å². The number of carboxylic acid groups (broad SMARTS) is 1. The third-order valence-corrected chi connectivity index (χ3v) is 3.17. The molecule has 1 unspecified atom stereocenters. The Morgan fingerprint density at radius 1 is 1.42 bits per heavy atom. The highest BCUT2D eigenvalue weighted by molar-refractivity contribution is 9.10. The average Bonchev–Trinajstić information content (AvgIpc) is 2.26. The fraction of sp³-hybridized carbons (Fsp3) is 0.500. The molecule has 1 aromatic carbocycles. The molecule has 0 saturated heterocycles. The molecule has 5 heteroatoms. The predicted octanol–water partition coefficient (Wildman–Crippen LogP) is 3.90.